The van der Waals surface area contributed by atoms with E-state index in [2.05, 4.69) is 5.32 Å². The number of carbonyl (C=O) groups is 3. The zero-order valence-corrected chi connectivity index (χ0v) is 15.4. The number of hydrogen-bond donors (Lipinski definition) is 1. The van der Waals surface area contributed by atoms with Crippen molar-refractivity contribution in [3.05, 3.63) is 57.8 Å². The van der Waals surface area contributed by atoms with Crippen LogP contribution in [0.25, 0.3) is 0 Å². The summed E-state index contributed by atoms with van der Waals surface area (Å²) in [5.41, 5.74) is 1.40. The minimum absolute atomic E-state index is 0.0355. The van der Waals surface area contributed by atoms with Gasteiger partial charge in [-0.25, -0.2) is 0 Å². The number of thiophene rings is 1. The van der Waals surface area contributed by atoms with Crippen LogP contribution in [-0.2, 0) is 16.0 Å². The molecule has 0 saturated carbocycles. The van der Waals surface area contributed by atoms with Crippen molar-refractivity contribution in [2.75, 3.05) is 26.7 Å². The van der Waals surface area contributed by atoms with Crippen molar-refractivity contribution in [2.24, 2.45) is 0 Å². The maximum atomic E-state index is 12.9. The van der Waals surface area contributed by atoms with E-state index in [9.17, 15) is 14.4 Å². The quantitative estimate of drug-likeness (QED) is 0.813. The molecule has 1 saturated heterocycles. The fraction of sp³-hybridized carbons (Fsp3) is 0.316. The maximum absolute atomic E-state index is 12.9. The normalized spacial score (nSPS) is 17.0. The minimum atomic E-state index is -0.258. The third-order valence-corrected chi connectivity index (χ3v) is 5.42. The zero-order valence-electron chi connectivity index (χ0n) is 14.6. The van der Waals surface area contributed by atoms with Crippen LogP contribution in [0.15, 0.2) is 41.8 Å². The molecule has 1 aromatic heterocycles. The SMILES string of the molecule is CNC(=O)c1cccc([C@@H]2CN(C=O)CCN2C(=O)Cc2cccs2)c1. The smallest absolute Gasteiger partial charge is 0.251 e. The highest BCUT2D eigenvalue weighted by atomic mass is 32.1. The van der Waals surface area contributed by atoms with Crippen LogP contribution in [0.4, 0.5) is 0 Å². The third kappa shape index (κ3) is 3.94. The monoisotopic (exact) mass is 371 g/mol. The molecule has 7 heteroatoms. The van der Waals surface area contributed by atoms with Crippen LogP contribution in [0.3, 0.4) is 0 Å². The first-order valence-corrected chi connectivity index (χ1v) is 9.33. The van der Waals surface area contributed by atoms with Crippen LogP contribution in [-0.4, -0.2) is 54.7 Å². The van der Waals surface area contributed by atoms with E-state index in [-0.39, 0.29) is 17.9 Å². The van der Waals surface area contributed by atoms with Crippen molar-refractivity contribution in [1.29, 1.82) is 0 Å². The Morgan fingerprint density at radius 2 is 2.12 bits per heavy atom. The molecule has 3 amide bonds. The fourth-order valence-corrected chi connectivity index (χ4v) is 3.87. The third-order valence-electron chi connectivity index (χ3n) is 4.55. The molecule has 6 nitrogen and oxygen atoms in total. The Hall–Kier alpha value is -2.67. The Bertz CT molecular complexity index is 791. The summed E-state index contributed by atoms with van der Waals surface area (Å²) in [7, 11) is 1.58. The van der Waals surface area contributed by atoms with Crippen molar-refractivity contribution >= 4 is 29.6 Å². The van der Waals surface area contributed by atoms with Crippen molar-refractivity contribution in [3.8, 4) is 0 Å². The van der Waals surface area contributed by atoms with Gasteiger partial charge in [0.15, 0.2) is 0 Å². The van der Waals surface area contributed by atoms with Crippen molar-refractivity contribution in [2.45, 2.75) is 12.5 Å². The molecule has 1 aromatic carbocycles. The second-order valence-electron chi connectivity index (χ2n) is 6.16. The highest BCUT2D eigenvalue weighted by molar-refractivity contribution is 7.10. The van der Waals surface area contributed by atoms with Gasteiger partial charge in [-0.3, -0.25) is 14.4 Å². The van der Waals surface area contributed by atoms with Gasteiger partial charge >= 0.3 is 0 Å². The molecule has 26 heavy (non-hydrogen) atoms. The highest BCUT2D eigenvalue weighted by Crippen LogP contribution is 2.27. The number of nitrogens with one attached hydrogen (secondary N) is 1. The van der Waals surface area contributed by atoms with E-state index in [1.165, 1.54) is 0 Å². The summed E-state index contributed by atoms with van der Waals surface area (Å²) in [4.78, 5) is 40.6. The molecule has 1 atom stereocenters. The summed E-state index contributed by atoms with van der Waals surface area (Å²) >= 11 is 1.56. The van der Waals surface area contributed by atoms with Crippen molar-refractivity contribution < 1.29 is 14.4 Å². The van der Waals surface area contributed by atoms with Gasteiger partial charge in [0.05, 0.1) is 12.5 Å². The van der Waals surface area contributed by atoms with Crippen LogP contribution in [0.1, 0.15) is 26.8 Å². The Morgan fingerprint density at radius 3 is 2.81 bits per heavy atom. The van der Waals surface area contributed by atoms with Gasteiger partial charge in [-0.2, -0.15) is 0 Å². The van der Waals surface area contributed by atoms with E-state index in [0.29, 0.717) is 31.6 Å². The number of benzene rings is 1. The Kier molecular flexibility index (Phi) is 5.68. The Balaban J connectivity index is 1.87. The molecule has 2 heterocycles. The first kappa shape index (κ1) is 18.1. The molecule has 1 aliphatic rings. The molecule has 136 valence electrons. The minimum Gasteiger partial charge on any atom is -0.355 e. The predicted molar refractivity (Wildman–Crippen MR) is 99.9 cm³/mol. The molecule has 0 bridgehead atoms. The molecule has 3 rings (SSSR count). The summed E-state index contributed by atoms with van der Waals surface area (Å²) in [5, 5.41) is 4.57. The van der Waals surface area contributed by atoms with E-state index in [4.69, 9.17) is 0 Å². The largest absolute Gasteiger partial charge is 0.355 e. The van der Waals surface area contributed by atoms with Gasteiger partial charge in [-0.1, -0.05) is 18.2 Å². The average Bonchev–Trinajstić information content (AvgIpc) is 3.19. The van der Waals surface area contributed by atoms with Crippen molar-refractivity contribution in [1.82, 2.24) is 15.1 Å². The molecular weight excluding hydrogens is 350 g/mol. The van der Waals surface area contributed by atoms with Gasteiger partial charge in [0, 0.05) is 37.1 Å². The number of carbonyl (C=O) groups excluding carboxylic acids is 3. The Labute approximate surface area is 156 Å². The van der Waals surface area contributed by atoms with Gasteiger partial charge in [-0.15, -0.1) is 11.3 Å². The molecule has 0 spiro atoms. The summed E-state index contributed by atoms with van der Waals surface area (Å²) in [5.74, 6) is -0.139. The van der Waals surface area contributed by atoms with E-state index < -0.39 is 0 Å². The summed E-state index contributed by atoms with van der Waals surface area (Å²) in [6.07, 6.45) is 1.17. The average molecular weight is 371 g/mol. The van der Waals surface area contributed by atoms with Crippen molar-refractivity contribution in [3.63, 3.8) is 0 Å². The summed E-state index contributed by atoms with van der Waals surface area (Å²) < 4.78 is 0. The van der Waals surface area contributed by atoms with E-state index in [1.807, 2.05) is 34.5 Å². The molecule has 1 aliphatic heterocycles. The van der Waals surface area contributed by atoms with Gasteiger partial charge in [-0.05, 0) is 29.1 Å². The van der Waals surface area contributed by atoms with Crippen LogP contribution >= 0.6 is 11.3 Å². The highest BCUT2D eigenvalue weighted by Gasteiger charge is 2.31. The molecular formula is C19H21N3O3S. The molecule has 0 aliphatic carbocycles. The van der Waals surface area contributed by atoms with Crippen LogP contribution in [0, 0.1) is 0 Å². The lowest BCUT2D eigenvalue weighted by Gasteiger charge is -2.40. The number of piperazine rings is 1. The number of amides is 3. The maximum Gasteiger partial charge on any atom is 0.251 e. The molecule has 2 aromatic rings. The van der Waals surface area contributed by atoms with Crippen LogP contribution in [0.5, 0.6) is 0 Å². The lowest BCUT2D eigenvalue weighted by atomic mass is 9.99. The van der Waals surface area contributed by atoms with Gasteiger partial charge in [0.1, 0.15) is 0 Å². The first-order chi connectivity index (χ1) is 12.6. The summed E-state index contributed by atoms with van der Waals surface area (Å²) in [6, 6.07) is 10.9. The standard InChI is InChI=1S/C19H21N3O3S/c1-20-19(25)15-5-2-4-14(10-15)17-12-21(13-23)7-8-22(17)18(24)11-16-6-3-9-26-16/h2-6,9-10,13,17H,7-8,11-12H2,1H3,(H,20,25)/t17-/m0/s1. The molecule has 0 unspecified atom stereocenters. The zero-order chi connectivity index (χ0) is 18.5. The molecule has 1 fully saturated rings. The van der Waals surface area contributed by atoms with E-state index in [0.717, 1.165) is 16.9 Å². The fourth-order valence-electron chi connectivity index (χ4n) is 3.18. The molecule has 0 radical (unpaired) electrons. The van der Waals surface area contributed by atoms with Gasteiger partial charge in [0.25, 0.3) is 5.91 Å². The number of hydrogen-bond acceptors (Lipinski definition) is 4. The Morgan fingerprint density at radius 1 is 1.27 bits per heavy atom. The number of rotatable bonds is 5. The summed E-state index contributed by atoms with van der Waals surface area (Å²) in [6.45, 7) is 1.43. The van der Waals surface area contributed by atoms with E-state index >= 15 is 0 Å². The number of nitrogens with zero attached hydrogens (tertiary/aromatic N) is 2. The van der Waals surface area contributed by atoms with Crippen LogP contribution < -0.4 is 5.32 Å². The van der Waals surface area contributed by atoms with E-state index in [1.54, 1.807) is 35.4 Å². The van der Waals surface area contributed by atoms with Crippen LogP contribution in [0.2, 0.25) is 0 Å². The second kappa shape index (κ2) is 8.14. The molecule has 1 N–H and O–H groups in total. The van der Waals surface area contributed by atoms with Gasteiger partial charge in [0.2, 0.25) is 12.3 Å². The second-order valence-corrected chi connectivity index (χ2v) is 7.20. The topological polar surface area (TPSA) is 69.7 Å². The predicted octanol–water partition coefficient (Wildman–Crippen LogP) is 1.69. The lowest BCUT2D eigenvalue weighted by molar-refractivity contribution is -0.138. The first-order valence-electron chi connectivity index (χ1n) is 8.45. The lowest BCUT2D eigenvalue weighted by Crippen LogP contribution is -2.50. The van der Waals surface area contributed by atoms with Gasteiger partial charge < -0.3 is 15.1 Å².